The summed E-state index contributed by atoms with van der Waals surface area (Å²) >= 11 is 1.77. The van der Waals surface area contributed by atoms with E-state index in [1.165, 1.54) is 9.96 Å². The Morgan fingerprint density at radius 3 is 2.00 bits per heavy atom. The van der Waals surface area contributed by atoms with Crippen molar-refractivity contribution in [2.45, 2.75) is 76.6 Å². The first-order valence-corrected chi connectivity index (χ1v) is 9.79. The SMILES string of the molecule is CC1(C)CC(CN2C(=O)CC3(CSC3(C)C)C2=O)CC(C)(C)N1O. The van der Waals surface area contributed by atoms with Gasteiger partial charge in [-0.3, -0.25) is 14.5 Å². The van der Waals surface area contributed by atoms with Crippen LogP contribution < -0.4 is 0 Å². The van der Waals surface area contributed by atoms with Crippen molar-refractivity contribution in [3.63, 3.8) is 0 Å². The fourth-order valence-electron chi connectivity index (χ4n) is 4.97. The zero-order chi connectivity index (χ0) is 18.1. The van der Waals surface area contributed by atoms with Crippen LogP contribution in [0.15, 0.2) is 0 Å². The topological polar surface area (TPSA) is 60.9 Å². The molecule has 1 N–H and O–H groups in total. The molecule has 3 fully saturated rings. The van der Waals surface area contributed by atoms with E-state index in [-0.39, 0.29) is 33.6 Å². The van der Waals surface area contributed by atoms with Crippen molar-refractivity contribution >= 4 is 23.6 Å². The fraction of sp³-hybridized carbons (Fsp3) is 0.889. The maximum atomic E-state index is 13.0. The summed E-state index contributed by atoms with van der Waals surface area (Å²) in [6, 6.07) is 0. The van der Waals surface area contributed by atoms with Crippen LogP contribution in [0.25, 0.3) is 0 Å². The third-order valence-corrected chi connectivity index (χ3v) is 8.15. The molecule has 0 aromatic carbocycles. The summed E-state index contributed by atoms with van der Waals surface area (Å²) in [5.41, 5.74) is -1.21. The summed E-state index contributed by atoms with van der Waals surface area (Å²) in [7, 11) is 0. The summed E-state index contributed by atoms with van der Waals surface area (Å²) in [6.07, 6.45) is 1.90. The van der Waals surface area contributed by atoms with Gasteiger partial charge in [0, 0.05) is 34.5 Å². The van der Waals surface area contributed by atoms with E-state index in [1.54, 1.807) is 11.8 Å². The van der Waals surface area contributed by atoms with Crippen molar-refractivity contribution in [3.8, 4) is 0 Å². The van der Waals surface area contributed by atoms with Gasteiger partial charge in [-0.15, -0.1) is 0 Å². The highest BCUT2D eigenvalue weighted by molar-refractivity contribution is 8.02. The smallest absolute Gasteiger partial charge is 0.238 e. The third kappa shape index (κ3) is 2.44. The van der Waals surface area contributed by atoms with Crippen LogP contribution in [-0.2, 0) is 9.59 Å². The van der Waals surface area contributed by atoms with Crippen molar-refractivity contribution in [1.29, 1.82) is 0 Å². The van der Waals surface area contributed by atoms with E-state index in [0.29, 0.717) is 13.0 Å². The highest BCUT2D eigenvalue weighted by Gasteiger charge is 2.65. The molecule has 0 aliphatic carbocycles. The lowest BCUT2D eigenvalue weighted by Gasteiger charge is -2.52. The van der Waals surface area contributed by atoms with Crippen LogP contribution in [-0.4, -0.2) is 55.1 Å². The van der Waals surface area contributed by atoms with E-state index >= 15 is 0 Å². The number of hydrogen-bond acceptors (Lipinski definition) is 5. The predicted molar refractivity (Wildman–Crippen MR) is 94.8 cm³/mol. The number of carbonyl (C=O) groups excluding carboxylic acids is 2. The Morgan fingerprint density at radius 2 is 1.62 bits per heavy atom. The van der Waals surface area contributed by atoms with Gasteiger partial charge in [0.15, 0.2) is 0 Å². The Morgan fingerprint density at radius 1 is 1.08 bits per heavy atom. The molecule has 136 valence electrons. The molecule has 3 saturated heterocycles. The summed E-state index contributed by atoms with van der Waals surface area (Å²) < 4.78 is -0.151. The molecule has 1 spiro atoms. The Labute approximate surface area is 149 Å². The van der Waals surface area contributed by atoms with Gasteiger partial charge in [-0.2, -0.15) is 16.8 Å². The Kier molecular flexibility index (Phi) is 3.95. The maximum Gasteiger partial charge on any atom is 0.238 e. The lowest BCUT2D eigenvalue weighted by Crippen LogP contribution is -2.60. The molecule has 24 heavy (non-hydrogen) atoms. The standard InChI is InChI=1S/C18H30N2O3S/c1-15(2)7-12(8-16(3,4)20(15)23)10-19-13(21)9-18(14(19)22)11-24-17(18,5)6/h12,23H,7-11H2,1-6H3. The molecule has 3 rings (SSSR count). The van der Waals surface area contributed by atoms with E-state index < -0.39 is 5.41 Å². The second kappa shape index (κ2) is 5.21. The number of rotatable bonds is 2. The van der Waals surface area contributed by atoms with E-state index in [0.717, 1.165) is 18.6 Å². The average molecular weight is 355 g/mol. The molecule has 2 amide bonds. The first-order valence-electron chi connectivity index (χ1n) is 8.80. The molecule has 0 bridgehead atoms. The number of thioether (sulfide) groups is 1. The summed E-state index contributed by atoms with van der Waals surface area (Å²) in [5.74, 6) is 0.985. The van der Waals surface area contributed by atoms with Crippen LogP contribution in [0.4, 0.5) is 0 Å². The summed E-state index contributed by atoms with van der Waals surface area (Å²) in [5, 5.41) is 11.9. The van der Waals surface area contributed by atoms with Gasteiger partial charge < -0.3 is 5.21 Å². The fourth-order valence-corrected chi connectivity index (χ4v) is 6.42. The van der Waals surface area contributed by atoms with Crippen LogP contribution in [0.5, 0.6) is 0 Å². The minimum atomic E-state index is -0.489. The van der Waals surface area contributed by atoms with Gasteiger partial charge in [-0.1, -0.05) is 0 Å². The molecular weight excluding hydrogens is 324 g/mol. The van der Waals surface area contributed by atoms with Crippen molar-refractivity contribution < 1.29 is 14.8 Å². The molecule has 1 unspecified atom stereocenters. The minimum absolute atomic E-state index is 0.0181. The van der Waals surface area contributed by atoms with Gasteiger partial charge in [0.1, 0.15) is 0 Å². The van der Waals surface area contributed by atoms with Crippen LogP contribution in [0, 0.1) is 11.3 Å². The number of carbonyl (C=O) groups is 2. The molecule has 3 aliphatic rings. The molecule has 0 radical (unpaired) electrons. The van der Waals surface area contributed by atoms with Crippen LogP contribution >= 0.6 is 11.8 Å². The lowest BCUT2D eigenvalue weighted by molar-refractivity contribution is -0.251. The predicted octanol–water partition coefficient (Wildman–Crippen LogP) is 2.92. The maximum absolute atomic E-state index is 13.0. The van der Waals surface area contributed by atoms with Crippen LogP contribution in [0.3, 0.4) is 0 Å². The van der Waals surface area contributed by atoms with Crippen molar-refractivity contribution in [2.24, 2.45) is 11.3 Å². The van der Waals surface area contributed by atoms with Gasteiger partial charge in [0.05, 0.1) is 5.41 Å². The van der Waals surface area contributed by atoms with E-state index in [1.807, 2.05) is 27.7 Å². The van der Waals surface area contributed by atoms with Crippen molar-refractivity contribution in [2.75, 3.05) is 12.3 Å². The number of nitrogens with zero attached hydrogens (tertiary/aromatic N) is 2. The second-order valence-corrected chi connectivity index (χ2v) is 11.2. The lowest BCUT2D eigenvalue weighted by atomic mass is 9.74. The van der Waals surface area contributed by atoms with E-state index in [9.17, 15) is 14.8 Å². The normalized spacial score (nSPS) is 35.5. The summed E-state index contributed by atoms with van der Waals surface area (Å²) in [6.45, 7) is 12.7. The number of hydroxylamine groups is 2. The zero-order valence-corrected chi connectivity index (χ0v) is 16.5. The number of piperidine rings is 1. The molecular formula is C18H30N2O3S. The van der Waals surface area contributed by atoms with Crippen LogP contribution in [0.1, 0.15) is 60.8 Å². The number of imide groups is 1. The highest BCUT2D eigenvalue weighted by Crippen LogP contribution is 2.60. The summed E-state index contributed by atoms with van der Waals surface area (Å²) in [4.78, 5) is 27.1. The van der Waals surface area contributed by atoms with Gasteiger partial charge >= 0.3 is 0 Å². The zero-order valence-electron chi connectivity index (χ0n) is 15.7. The first-order chi connectivity index (χ1) is 10.8. The highest BCUT2D eigenvalue weighted by atomic mass is 32.2. The quantitative estimate of drug-likeness (QED) is 0.773. The van der Waals surface area contributed by atoms with E-state index in [4.69, 9.17) is 0 Å². The molecule has 0 aromatic rings. The third-order valence-electron chi connectivity index (χ3n) is 6.40. The van der Waals surface area contributed by atoms with Gasteiger partial charge in [0.25, 0.3) is 0 Å². The van der Waals surface area contributed by atoms with Crippen molar-refractivity contribution in [3.05, 3.63) is 0 Å². The molecule has 5 nitrogen and oxygen atoms in total. The van der Waals surface area contributed by atoms with Crippen molar-refractivity contribution in [1.82, 2.24) is 9.96 Å². The number of hydrogen-bond donors (Lipinski definition) is 1. The first kappa shape index (κ1) is 18.2. The molecule has 3 heterocycles. The van der Waals surface area contributed by atoms with Gasteiger partial charge in [0.2, 0.25) is 11.8 Å². The second-order valence-electron chi connectivity index (χ2n) is 9.58. The number of likely N-dealkylation sites (tertiary alicyclic amines) is 1. The average Bonchev–Trinajstić information content (AvgIpc) is 2.70. The Bertz CT molecular complexity index is 569. The molecule has 0 saturated carbocycles. The minimum Gasteiger partial charge on any atom is -0.313 e. The van der Waals surface area contributed by atoms with E-state index in [2.05, 4.69) is 13.8 Å². The molecule has 6 heteroatoms. The molecule has 1 atom stereocenters. The Balaban J connectivity index is 1.77. The molecule has 3 aliphatic heterocycles. The monoisotopic (exact) mass is 354 g/mol. The largest absolute Gasteiger partial charge is 0.313 e. The van der Waals surface area contributed by atoms with Crippen LogP contribution in [0.2, 0.25) is 0 Å². The van der Waals surface area contributed by atoms with Gasteiger partial charge in [-0.05, 0) is 60.3 Å². The Hall–Kier alpha value is -0.590. The number of amides is 2. The van der Waals surface area contributed by atoms with Gasteiger partial charge in [-0.25, -0.2) is 0 Å². The molecule has 0 aromatic heterocycles.